The minimum Gasteiger partial charge on any atom is -0.377 e. The Morgan fingerprint density at radius 1 is 1.33 bits per heavy atom. The van der Waals surface area contributed by atoms with Crippen LogP contribution >= 0.6 is 11.6 Å². The van der Waals surface area contributed by atoms with Gasteiger partial charge in [-0.3, -0.25) is 0 Å². The zero-order valence-electron chi connectivity index (χ0n) is 7.16. The van der Waals surface area contributed by atoms with Crippen molar-refractivity contribution < 1.29 is 4.74 Å². The number of alkyl halides is 1. The van der Waals surface area contributed by atoms with Crippen molar-refractivity contribution in [3.8, 4) is 0 Å². The minimum atomic E-state index is 0.142. The van der Waals surface area contributed by atoms with E-state index < -0.39 is 0 Å². The molecule has 0 saturated heterocycles. The van der Waals surface area contributed by atoms with Crippen molar-refractivity contribution >= 4 is 11.6 Å². The molecule has 0 spiro atoms. The third-order valence-electron chi connectivity index (χ3n) is 1.83. The first kappa shape index (κ1) is 9.56. The summed E-state index contributed by atoms with van der Waals surface area (Å²) < 4.78 is 5.29. The van der Waals surface area contributed by atoms with Gasteiger partial charge in [-0.05, 0) is 12.0 Å². The highest BCUT2D eigenvalue weighted by atomic mass is 35.5. The van der Waals surface area contributed by atoms with Crippen LogP contribution in [-0.4, -0.2) is 13.0 Å². The number of rotatable bonds is 4. The van der Waals surface area contributed by atoms with Crippen molar-refractivity contribution in [1.82, 2.24) is 0 Å². The summed E-state index contributed by atoms with van der Waals surface area (Å²) in [6.07, 6.45) is 1.01. The summed E-state index contributed by atoms with van der Waals surface area (Å²) in [6, 6.07) is 10.1. The molecule has 0 amide bonds. The van der Waals surface area contributed by atoms with E-state index in [2.05, 4.69) is 12.1 Å². The first-order valence-corrected chi connectivity index (χ1v) is 4.55. The molecule has 0 heterocycles. The van der Waals surface area contributed by atoms with Crippen molar-refractivity contribution in [2.45, 2.75) is 12.5 Å². The monoisotopic (exact) mass is 184 g/mol. The summed E-state index contributed by atoms with van der Waals surface area (Å²) in [6.45, 7) is 0. The maximum Gasteiger partial charge on any atom is 0.0832 e. The lowest BCUT2D eigenvalue weighted by molar-refractivity contribution is 0.101. The molecule has 0 fully saturated rings. The van der Waals surface area contributed by atoms with E-state index in [1.54, 1.807) is 7.11 Å². The van der Waals surface area contributed by atoms with Crippen molar-refractivity contribution in [2.75, 3.05) is 13.0 Å². The summed E-state index contributed by atoms with van der Waals surface area (Å²) in [4.78, 5) is 0. The van der Waals surface area contributed by atoms with Gasteiger partial charge in [0.15, 0.2) is 0 Å². The molecule has 0 radical (unpaired) electrons. The zero-order valence-corrected chi connectivity index (χ0v) is 7.92. The molecule has 0 N–H and O–H groups in total. The second-order valence-corrected chi connectivity index (χ2v) is 2.99. The Balaban J connectivity index is 2.66. The molecule has 1 atom stereocenters. The van der Waals surface area contributed by atoms with E-state index in [1.807, 2.05) is 18.2 Å². The highest BCUT2D eigenvalue weighted by molar-refractivity contribution is 6.17. The molecule has 0 aliphatic rings. The molecule has 66 valence electrons. The van der Waals surface area contributed by atoms with Crippen LogP contribution < -0.4 is 0 Å². The van der Waals surface area contributed by atoms with Crippen LogP contribution in [0.3, 0.4) is 0 Å². The summed E-state index contributed by atoms with van der Waals surface area (Å²) in [5.41, 5.74) is 1.20. The standard InChI is InChI=1S/C10H13ClO/c1-12-10(7-8-11)9-5-3-2-4-6-9/h2-6,10H,7-8H2,1H3. The second kappa shape index (κ2) is 5.18. The van der Waals surface area contributed by atoms with Crippen LogP contribution in [0.4, 0.5) is 0 Å². The first-order valence-electron chi connectivity index (χ1n) is 4.02. The second-order valence-electron chi connectivity index (χ2n) is 2.61. The number of methoxy groups -OCH3 is 1. The Morgan fingerprint density at radius 2 is 2.00 bits per heavy atom. The smallest absolute Gasteiger partial charge is 0.0832 e. The maximum atomic E-state index is 5.64. The summed E-state index contributed by atoms with van der Waals surface area (Å²) in [5, 5.41) is 0. The molecule has 1 unspecified atom stereocenters. The normalized spacial score (nSPS) is 12.8. The van der Waals surface area contributed by atoms with Gasteiger partial charge >= 0.3 is 0 Å². The molecule has 2 heteroatoms. The fourth-order valence-electron chi connectivity index (χ4n) is 1.19. The van der Waals surface area contributed by atoms with Gasteiger partial charge in [-0.2, -0.15) is 0 Å². The molecule has 1 nitrogen and oxygen atoms in total. The Bertz CT molecular complexity index is 210. The molecular weight excluding hydrogens is 172 g/mol. The number of hydrogen-bond donors (Lipinski definition) is 0. The topological polar surface area (TPSA) is 9.23 Å². The third kappa shape index (κ3) is 2.50. The van der Waals surface area contributed by atoms with Crippen LogP contribution in [0.2, 0.25) is 0 Å². The predicted molar refractivity (Wildman–Crippen MR) is 51.5 cm³/mol. The molecule has 1 aromatic carbocycles. The number of halogens is 1. The predicted octanol–water partition coefficient (Wildman–Crippen LogP) is 3.00. The molecule has 12 heavy (non-hydrogen) atoms. The average Bonchev–Trinajstić information content (AvgIpc) is 2.15. The minimum absolute atomic E-state index is 0.142. The van der Waals surface area contributed by atoms with E-state index in [0.29, 0.717) is 5.88 Å². The van der Waals surface area contributed by atoms with Gasteiger partial charge in [0.1, 0.15) is 0 Å². The number of ether oxygens (including phenoxy) is 1. The van der Waals surface area contributed by atoms with E-state index >= 15 is 0 Å². The largest absolute Gasteiger partial charge is 0.377 e. The molecule has 0 saturated carbocycles. The van der Waals surface area contributed by atoms with Gasteiger partial charge in [0.05, 0.1) is 6.10 Å². The Kier molecular flexibility index (Phi) is 4.12. The molecule has 0 aliphatic carbocycles. The fraction of sp³-hybridized carbons (Fsp3) is 0.400. The van der Waals surface area contributed by atoms with E-state index in [4.69, 9.17) is 16.3 Å². The summed E-state index contributed by atoms with van der Waals surface area (Å²) in [5.74, 6) is 0.632. The van der Waals surface area contributed by atoms with Crippen LogP contribution in [0.1, 0.15) is 18.1 Å². The fourth-order valence-corrected chi connectivity index (χ4v) is 1.39. The van der Waals surface area contributed by atoms with Crippen LogP contribution in [0.25, 0.3) is 0 Å². The number of benzene rings is 1. The zero-order chi connectivity index (χ0) is 8.81. The van der Waals surface area contributed by atoms with Crippen molar-refractivity contribution in [3.05, 3.63) is 35.9 Å². The van der Waals surface area contributed by atoms with Crippen LogP contribution in [-0.2, 0) is 4.74 Å². The Morgan fingerprint density at radius 3 is 2.50 bits per heavy atom. The molecular formula is C10H13ClO. The summed E-state index contributed by atoms with van der Waals surface area (Å²) >= 11 is 5.64. The Hall–Kier alpha value is -0.530. The van der Waals surface area contributed by atoms with Gasteiger partial charge in [-0.1, -0.05) is 30.3 Å². The van der Waals surface area contributed by atoms with Crippen LogP contribution in [0.5, 0.6) is 0 Å². The molecule has 0 aromatic heterocycles. The van der Waals surface area contributed by atoms with Gasteiger partial charge in [0.2, 0.25) is 0 Å². The van der Waals surface area contributed by atoms with Gasteiger partial charge in [0.25, 0.3) is 0 Å². The van der Waals surface area contributed by atoms with Crippen LogP contribution in [0, 0.1) is 0 Å². The average molecular weight is 185 g/mol. The van der Waals surface area contributed by atoms with E-state index in [-0.39, 0.29) is 6.10 Å². The highest BCUT2D eigenvalue weighted by Crippen LogP contribution is 2.19. The van der Waals surface area contributed by atoms with E-state index in [0.717, 1.165) is 6.42 Å². The lowest BCUT2D eigenvalue weighted by atomic mass is 10.1. The SMILES string of the molecule is COC(CCCl)c1ccccc1. The van der Waals surface area contributed by atoms with Gasteiger partial charge in [-0.15, -0.1) is 11.6 Å². The van der Waals surface area contributed by atoms with Crippen molar-refractivity contribution in [3.63, 3.8) is 0 Å². The van der Waals surface area contributed by atoms with Gasteiger partial charge in [0, 0.05) is 13.0 Å². The quantitative estimate of drug-likeness (QED) is 0.654. The lowest BCUT2D eigenvalue weighted by Gasteiger charge is -2.13. The van der Waals surface area contributed by atoms with Crippen molar-refractivity contribution in [2.24, 2.45) is 0 Å². The van der Waals surface area contributed by atoms with Crippen LogP contribution in [0.15, 0.2) is 30.3 Å². The molecule has 0 bridgehead atoms. The highest BCUT2D eigenvalue weighted by Gasteiger charge is 2.07. The number of hydrogen-bond acceptors (Lipinski definition) is 1. The molecule has 1 aromatic rings. The molecule has 0 aliphatic heterocycles. The summed E-state index contributed by atoms with van der Waals surface area (Å²) in [7, 11) is 1.71. The van der Waals surface area contributed by atoms with Gasteiger partial charge in [-0.25, -0.2) is 0 Å². The Labute approximate surface area is 78.3 Å². The lowest BCUT2D eigenvalue weighted by Crippen LogP contribution is -2.01. The van der Waals surface area contributed by atoms with E-state index in [1.165, 1.54) is 5.56 Å². The van der Waals surface area contributed by atoms with Crippen molar-refractivity contribution in [1.29, 1.82) is 0 Å². The third-order valence-corrected chi connectivity index (χ3v) is 2.05. The van der Waals surface area contributed by atoms with E-state index in [9.17, 15) is 0 Å². The first-order chi connectivity index (χ1) is 5.88. The maximum absolute atomic E-state index is 5.64. The molecule has 1 rings (SSSR count). The van der Waals surface area contributed by atoms with Gasteiger partial charge < -0.3 is 4.74 Å².